The number of hydrogen-bond donors (Lipinski definition) is 0. The van der Waals surface area contributed by atoms with Crippen LogP contribution in [0.25, 0.3) is 0 Å². The molecule has 0 amide bonds. The zero-order valence-corrected chi connectivity index (χ0v) is 99.2. The maximum atomic E-state index is 11.4. The Labute approximate surface area is 861 Å². The number of ether oxygens (including phenoxy) is 15. The molecule has 1 saturated carbocycles. The van der Waals surface area contributed by atoms with E-state index >= 15 is 0 Å². The minimum atomic E-state index is -3.70. The van der Waals surface area contributed by atoms with E-state index in [9.17, 15) is 9.59 Å². The summed E-state index contributed by atoms with van der Waals surface area (Å²) in [6, 6.07) is 53.0. The van der Waals surface area contributed by atoms with Crippen molar-refractivity contribution in [3.05, 3.63) is 191 Å². The summed E-state index contributed by atoms with van der Waals surface area (Å²) >= 11 is 0. The van der Waals surface area contributed by atoms with Crippen molar-refractivity contribution in [2.45, 2.75) is 339 Å². The number of carbonyl (C=O) groups excluding carboxylic acids is 2. The van der Waals surface area contributed by atoms with E-state index in [1.165, 1.54) is 58.8 Å². The van der Waals surface area contributed by atoms with Crippen molar-refractivity contribution in [2.24, 2.45) is 0 Å². The van der Waals surface area contributed by atoms with Crippen LogP contribution in [-0.2, 0) is 112 Å². The summed E-state index contributed by atoms with van der Waals surface area (Å²) in [5.41, 5.74) is 5.41. The SMILES string of the molecule is CC(=O)OCCOC(OCOC(C)=O)O[C@@H]1[C@H](OP(C)C)[C@@H](CO[Si](OC2CCCCCCCCCCC2)(O[Si](C)(C)C)O[Si](C)(C)C)O[C@H]1C.COc1ccc(C(OC[C@H]2O[C@@H](C)[C@H](OCO[Si](C(C)C)(C(C)C)C(C)C)[C@@H]2OP(C)C)(c2ccccc2)c2ccc(OC)cc2)cc1.COc1ccc(C(OC[C@H]2O[C@@H](C)[C@H](O[Si](C)(C)C(C)(C)C)[C@@H]2OP(C)C)(c2ccccc2)c2ccc(OC)cc2)cc1. The lowest BCUT2D eigenvalue weighted by atomic mass is 9.80. The molecule has 0 aromatic heterocycles. The fraction of sp³-hybridized carbons (Fsp3) is 0.648. The third kappa shape index (κ3) is 35.9. The Morgan fingerprint density at radius 1 is 0.394 bits per heavy atom. The van der Waals surface area contributed by atoms with Gasteiger partial charge in [0.1, 0.15) is 103 Å². The number of methoxy groups -OCH3 is 4. The first-order chi connectivity index (χ1) is 67.1. The Morgan fingerprint density at radius 3 is 1.08 bits per heavy atom. The maximum absolute atomic E-state index is 11.4. The molecule has 3 heterocycles. The Balaban J connectivity index is 0.000000261. The molecule has 1 unspecified atom stereocenters. The highest BCUT2D eigenvalue weighted by Crippen LogP contribution is 2.50. The van der Waals surface area contributed by atoms with Gasteiger partial charge in [0, 0.05) is 38.3 Å². The number of hydrogen-bond acceptors (Lipinski definition) is 26. The molecule has 0 spiro atoms. The van der Waals surface area contributed by atoms with Gasteiger partial charge in [0.2, 0.25) is 8.32 Å². The Bertz CT molecular complexity index is 4430. The zero-order valence-electron chi connectivity index (χ0n) is 91.5. The van der Waals surface area contributed by atoms with Gasteiger partial charge in [-0.3, -0.25) is 14.3 Å². The van der Waals surface area contributed by atoms with E-state index in [1.807, 2.05) is 105 Å². The van der Waals surface area contributed by atoms with Crippen LogP contribution in [0.4, 0.5) is 0 Å². The molecule has 0 bridgehead atoms. The van der Waals surface area contributed by atoms with Gasteiger partial charge in [-0.2, -0.15) is 0 Å². The van der Waals surface area contributed by atoms with Crippen LogP contribution in [0.5, 0.6) is 23.0 Å². The molecule has 34 heteroatoms. The Kier molecular flexibility index (Phi) is 49.9. The van der Waals surface area contributed by atoms with Crippen LogP contribution in [0, 0.1) is 0 Å². The molecule has 13 atom stereocenters. The standard InChI is InChI=1S/C39H57O7PSi.C35H49O6PSi.C34H69O13PSi3/c1-27(2)48(28(3)4,29(5)6)44-26-42-37-30(7)45-36(38(37)46-47(10)11)25-43-39(31-15-13-12-14-16-31,32-17-21-34(40-8)22-18-32)33-19-23-35(41-9)24-20-33;1-25-32(41-43(9,10)34(2,3)4)33(40-42(7)8)31(39-25)24-38-35(26-14-12-11-13-15-26,27-16-20-29(36-5)21-17-27)28-18-22-30(37-6)23-19-28;1-27-32(43-34(40-26-39-29(3)36)38-24-23-37-28(2)35)33(44-48(4)5)31(42-27)25-41-51(46-49(6,7)8,47-50(9,10)11)45-30-21-19-17-15-13-12-14-16-18-20-22-30/h12-24,27-30,36-38H,25-26H2,1-11H3;11-23,25,31-33H,24H2,1-10H3;27,30-34H,12-26H2,1-11H3/t30-,36+,37-,38+;25-,31+,32-,33+;27-,31+,32-,33+,34?/m000/s1. The molecule has 798 valence electrons. The average Bonchev–Trinajstić information content (AvgIpc) is 0.886. The van der Waals surface area contributed by atoms with Crippen LogP contribution in [-0.4, -0.2) is 255 Å². The first kappa shape index (κ1) is 122. The van der Waals surface area contributed by atoms with Crippen molar-refractivity contribution in [1.29, 1.82) is 0 Å². The summed E-state index contributed by atoms with van der Waals surface area (Å²) in [6.45, 7) is 58.3. The first-order valence-electron chi connectivity index (χ1n) is 50.9. The van der Waals surface area contributed by atoms with E-state index in [4.69, 9.17) is 111 Å². The predicted molar refractivity (Wildman–Crippen MR) is 580 cm³/mol. The molecule has 0 N–H and O–H groups in total. The summed E-state index contributed by atoms with van der Waals surface area (Å²) in [4.78, 5) is 22.7. The second-order valence-corrected chi connectivity index (χ2v) is 69.6. The molecular weight excluding hydrogens is 1950 g/mol. The lowest BCUT2D eigenvalue weighted by Gasteiger charge is -2.42. The van der Waals surface area contributed by atoms with Gasteiger partial charge in [0.25, 0.3) is 6.48 Å². The average molecular weight is 2120 g/mol. The fourth-order valence-electron chi connectivity index (χ4n) is 18.9. The fourth-order valence-corrected chi connectivity index (χ4v) is 36.3. The topological polar surface area (TPSA) is 256 Å². The lowest BCUT2D eigenvalue weighted by molar-refractivity contribution is -0.331. The summed E-state index contributed by atoms with van der Waals surface area (Å²) in [5, 5.41) is 0.0697. The summed E-state index contributed by atoms with van der Waals surface area (Å²) in [5.74, 6) is 2.17. The van der Waals surface area contributed by atoms with Gasteiger partial charge >= 0.3 is 21.0 Å². The Morgan fingerprint density at radius 2 is 0.732 bits per heavy atom. The first-order valence-corrected chi connectivity index (χ1v) is 70.8. The molecule has 3 saturated heterocycles. The van der Waals surface area contributed by atoms with Crippen molar-refractivity contribution < 1.29 is 120 Å². The van der Waals surface area contributed by atoms with Crippen LogP contribution in [0.15, 0.2) is 158 Å². The molecule has 10 rings (SSSR count). The predicted octanol–water partition coefficient (Wildman–Crippen LogP) is 25.1. The van der Waals surface area contributed by atoms with Crippen molar-refractivity contribution in [2.75, 3.05) is 115 Å². The maximum Gasteiger partial charge on any atom is 0.658 e. The van der Waals surface area contributed by atoms with Crippen LogP contribution < -0.4 is 18.9 Å². The van der Waals surface area contributed by atoms with E-state index in [0.717, 1.165) is 82.1 Å². The van der Waals surface area contributed by atoms with Gasteiger partial charge in [-0.25, -0.2) is 0 Å². The van der Waals surface area contributed by atoms with E-state index in [0.29, 0.717) is 23.2 Å². The zero-order chi connectivity index (χ0) is 105. The molecular formula is C108H175O26P3Si5. The molecule has 4 fully saturated rings. The summed E-state index contributed by atoms with van der Waals surface area (Å²) in [7, 11) is -7.88. The second kappa shape index (κ2) is 57.9. The van der Waals surface area contributed by atoms with Crippen LogP contribution >= 0.6 is 24.4 Å². The largest absolute Gasteiger partial charge is 0.658 e. The summed E-state index contributed by atoms with van der Waals surface area (Å²) in [6.07, 6.45) is 8.68. The monoisotopic (exact) mass is 2120 g/mol. The molecule has 6 aromatic carbocycles. The van der Waals surface area contributed by atoms with E-state index in [1.54, 1.807) is 28.4 Å². The minimum absolute atomic E-state index is 0.00363. The Hall–Kier alpha value is -4.89. The number of esters is 2. The van der Waals surface area contributed by atoms with Crippen LogP contribution in [0.2, 0.25) is 74.0 Å². The van der Waals surface area contributed by atoms with Crippen molar-refractivity contribution >= 4 is 78.7 Å². The molecule has 4 aliphatic rings. The van der Waals surface area contributed by atoms with E-state index in [-0.39, 0.29) is 93.2 Å². The minimum Gasteiger partial charge on any atom is -0.497 e. The van der Waals surface area contributed by atoms with Crippen LogP contribution in [0.1, 0.15) is 201 Å². The third-order valence-electron chi connectivity index (χ3n) is 26.4. The van der Waals surface area contributed by atoms with Gasteiger partial charge in [-0.1, -0.05) is 229 Å². The normalized spacial score (nSPS) is 22.0. The van der Waals surface area contributed by atoms with Gasteiger partial charge < -0.3 is 106 Å². The number of rotatable bonds is 49. The van der Waals surface area contributed by atoms with Gasteiger partial charge in [0.15, 0.2) is 31.7 Å². The summed E-state index contributed by atoms with van der Waals surface area (Å²) < 4.78 is 152. The number of benzene rings is 6. The second-order valence-electron chi connectivity index (χ2n) is 42.2. The highest BCUT2D eigenvalue weighted by atomic mass is 31.1. The van der Waals surface area contributed by atoms with Gasteiger partial charge in [-0.15, -0.1) is 0 Å². The quantitative estimate of drug-likeness (QED) is 0.00858. The highest BCUT2D eigenvalue weighted by Gasteiger charge is 2.58. The van der Waals surface area contributed by atoms with Crippen molar-refractivity contribution in [3.8, 4) is 23.0 Å². The van der Waals surface area contributed by atoms with Crippen molar-refractivity contribution in [3.63, 3.8) is 0 Å². The molecule has 1 aliphatic carbocycles. The third-order valence-corrected chi connectivity index (χ3v) is 47.0. The lowest BCUT2D eigenvalue weighted by Crippen LogP contribution is -2.61. The number of carbonyl (C=O) groups is 2. The van der Waals surface area contributed by atoms with Gasteiger partial charge in [0.05, 0.1) is 79.3 Å². The van der Waals surface area contributed by atoms with Crippen LogP contribution in [0.3, 0.4) is 0 Å². The molecule has 3 aliphatic heterocycles. The molecule has 26 nitrogen and oxygen atoms in total. The smallest absolute Gasteiger partial charge is 0.497 e. The molecule has 6 aromatic rings. The van der Waals surface area contributed by atoms with E-state index in [2.05, 4.69) is 228 Å². The van der Waals surface area contributed by atoms with E-state index < -0.39 is 128 Å². The van der Waals surface area contributed by atoms with Gasteiger partial charge in [-0.05, 0) is 230 Å². The molecule has 0 radical (unpaired) electrons. The van der Waals surface area contributed by atoms with Crippen molar-refractivity contribution in [1.82, 2.24) is 0 Å². The molecule has 142 heavy (non-hydrogen) atoms. The highest BCUT2D eigenvalue weighted by molar-refractivity contribution is 7.51.